The molecule has 1 amide bonds. The van der Waals surface area contributed by atoms with Gasteiger partial charge in [-0.25, -0.2) is 0 Å². The minimum absolute atomic E-state index is 0.0657. The highest BCUT2D eigenvalue weighted by atomic mass is 35.5. The van der Waals surface area contributed by atoms with E-state index in [0.717, 1.165) is 12.8 Å². The predicted octanol–water partition coefficient (Wildman–Crippen LogP) is 4.81. The summed E-state index contributed by atoms with van der Waals surface area (Å²) in [6.07, 6.45) is 1.84. The number of ether oxygens (including phenoxy) is 1. The highest BCUT2D eigenvalue weighted by Crippen LogP contribution is 2.27. The Morgan fingerprint density at radius 3 is 2.46 bits per heavy atom. The topological polar surface area (TPSA) is 29.5 Å². The quantitative estimate of drug-likeness (QED) is 0.779. The zero-order chi connectivity index (χ0) is 16.9. The Balaban J connectivity index is 1.53. The van der Waals surface area contributed by atoms with Crippen molar-refractivity contribution in [2.45, 2.75) is 25.6 Å². The number of halogens is 2. The molecule has 1 heterocycles. The maximum absolute atomic E-state index is 12.6. The van der Waals surface area contributed by atoms with E-state index in [1.807, 2.05) is 23.1 Å². The summed E-state index contributed by atoms with van der Waals surface area (Å²) >= 11 is 12.1. The van der Waals surface area contributed by atoms with Crippen LogP contribution in [0.15, 0.2) is 48.5 Å². The maximum Gasteiger partial charge on any atom is 0.255 e. The van der Waals surface area contributed by atoms with Crippen molar-refractivity contribution in [3.05, 3.63) is 69.7 Å². The van der Waals surface area contributed by atoms with Gasteiger partial charge in [-0.15, -0.1) is 0 Å². The fraction of sp³-hybridized carbons (Fsp3) is 0.316. The molecule has 5 heteroatoms. The van der Waals surface area contributed by atoms with Gasteiger partial charge in [0.15, 0.2) is 0 Å². The molecule has 0 aliphatic carbocycles. The molecule has 0 atom stereocenters. The second kappa shape index (κ2) is 8.02. The summed E-state index contributed by atoms with van der Waals surface area (Å²) in [4.78, 5) is 14.4. The molecule has 0 aromatic heterocycles. The molecular weight excluding hydrogens is 345 g/mol. The van der Waals surface area contributed by atoms with E-state index in [1.165, 1.54) is 5.56 Å². The van der Waals surface area contributed by atoms with E-state index >= 15 is 0 Å². The molecule has 1 fully saturated rings. The molecular formula is C19H19Cl2NO2. The van der Waals surface area contributed by atoms with Gasteiger partial charge in [-0.2, -0.15) is 0 Å². The van der Waals surface area contributed by atoms with Gasteiger partial charge in [-0.3, -0.25) is 4.79 Å². The van der Waals surface area contributed by atoms with E-state index in [0.29, 0.717) is 35.3 Å². The van der Waals surface area contributed by atoms with Crippen LogP contribution in [0.3, 0.4) is 0 Å². The van der Waals surface area contributed by atoms with Crippen molar-refractivity contribution >= 4 is 29.1 Å². The third-order valence-electron chi connectivity index (χ3n) is 4.24. The van der Waals surface area contributed by atoms with Crippen LogP contribution < -0.4 is 0 Å². The molecule has 3 rings (SSSR count). The highest BCUT2D eigenvalue weighted by molar-refractivity contribution is 6.43. The van der Waals surface area contributed by atoms with Gasteiger partial charge >= 0.3 is 0 Å². The summed E-state index contributed by atoms with van der Waals surface area (Å²) < 4.78 is 5.96. The van der Waals surface area contributed by atoms with Crippen molar-refractivity contribution in [3.63, 3.8) is 0 Å². The number of piperidine rings is 1. The number of amides is 1. The summed E-state index contributed by atoms with van der Waals surface area (Å²) in [6.45, 7) is 1.95. The molecule has 1 aliphatic heterocycles. The van der Waals surface area contributed by atoms with Crippen molar-refractivity contribution in [1.29, 1.82) is 0 Å². The van der Waals surface area contributed by atoms with Crippen LogP contribution in [-0.2, 0) is 11.3 Å². The van der Waals surface area contributed by atoms with E-state index < -0.39 is 0 Å². The summed E-state index contributed by atoms with van der Waals surface area (Å²) in [5.41, 5.74) is 1.63. The van der Waals surface area contributed by atoms with Crippen LogP contribution in [0.5, 0.6) is 0 Å². The summed E-state index contributed by atoms with van der Waals surface area (Å²) in [5, 5.41) is 0.732. The van der Waals surface area contributed by atoms with Gasteiger partial charge in [0.25, 0.3) is 5.91 Å². The van der Waals surface area contributed by atoms with Crippen molar-refractivity contribution in [2.75, 3.05) is 13.1 Å². The number of likely N-dealkylation sites (tertiary alicyclic amines) is 1. The van der Waals surface area contributed by atoms with Crippen LogP contribution in [0, 0.1) is 0 Å². The second-order valence-electron chi connectivity index (χ2n) is 5.89. The second-order valence-corrected chi connectivity index (χ2v) is 6.67. The van der Waals surface area contributed by atoms with Gasteiger partial charge in [-0.1, -0.05) is 59.6 Å². The van der Waals surface area contributed by atoms with Gasteiger partial charge in [0.1, 0.15) is 0 Å². The molecule has 0 radical (unpaired) electrons. The Hall–Kier alpha value is -1.55. The lowest BCUT2D eigenvalue weighted by atomic mass is 10.1. The van der Waals surface area contributed by atoms with Crippen molar-refractivity contribution in [3.8, 4) is 0 Å². The number of rotatable bonds is 4. The number of hydrogen-bond donors (Lipinski definition) is 0. The largest absolute Gasteiger partial charge is 0.373 e. The lowest BCUT2D eigenvalue weighted by molar-refractivity contribution is -0.000374. The number of carbonyl (C=O) groups excluding carboxylic acids is 1. The monoisotopic (exact) mass is 363 g/mol. The fourth-order valence-electron chi connectivity index (χ4n) is 2.85. The number of carbonyl (C=O) groups is 1. The first-order valence-electron chi connectivity index (χ1n) is 8.04. The van der Waals surface area contributed by atoms with Crippen LogP contribution in [-0.4, -0.2) is 30.0 Å². The molecule has 2 aromatic rings. The van der Waals surface area contributed by atoms with E-state index in [9.17, 15) is 4.79 Å². The average molecular weight is 364 g/mol. The maximum atomic E-state index is 12.6. The molecule has 126 valence electrons. The number of benzene rings is 2. The molecule has 1 saturated heterocycles. The van der Waals surface area contributed by atoms with E-state index in [1.54, 1.807) is 18.2 Å². The van der Waals surface area contributed by atoms with Gasteiger partial charge in [0.05, 0.1) is 28.3 Å². The van der Waals surface area contributed by atoms with Gasteiger partial charge < -0.3 is 9.64 Å². The molecule has 1 aliphatic rings. The van der Waals surface area contributed by atoms with Crippen LogP contribution in [0.4, 0.5) is 0 Å². The zero-order valence-corrected chi connectivity index (χ0v) is 14.8. The molecule has 0 N–H and O–H groups in total. The predicted molar refractivity (Wildman–Crippen MR) is 96.6 cm³/mol. The molecule has 3 nitrogen and oxygen atoms in total. The van der Waals surface area contributed by atoms with Gasteiger partial charge in [0, 0.05) is 13.1 Å². The van der Waals surface area contributed by atoms with Crippen molar-refractivity contribution in [1.82, 2.24) is 4.90 Å². The van der Waals surface area contributed by atoms with E-state index in [4.69, 9.17) is 27.9 Å². The Kier molecular flexibility index (Phi) is 5.77. The normalized spacial score (nSPS) is 15.5. The first-order chi connectivity index (χ1) is 11.6. The lowest BCUT2D eigenvalue weighted by Gasteiger charge is -2.32. The van der Waals surface area contributed by atoms with Crippen LogP contribution in [0.2, 0.25) is 10.0 Å². The Morgan fingerprint density at radius 1 is 1.04 bits per heavy atom. The summed E-state index contributed by atoms with van der Waals surface area (Å²) in [7, 11) is 0. The molecule has 0 saturated carbocycles. The van der Waals surface area contributed by atoms with E-state index in [-0.39, 0.29) is 12.0 Å². The zero-order valence-electron chi connectivity index (χ0n) is 13.3. The highest BCUT2D eigenvalue weighted by Gasteiger charge is 2.25. The van der Waals surface area contributed by atoms with E-state index in [2.05, 4.69) is 12.1 Å². The van der Waals surface area contributed by atoms with Gasteiger partial charge in [0.2, 0.25) is 0 Å². The Bertz CT molecular complexity index is 698. The first-order valence-corrected chi connectivity index (χ1v) is 8.79. The average Bonchev–Trinajstić information content (AvgIpc) is 2.63. The third-order valence-corrected chi connectivity index (χ3v) is 5.06. The van der Waals surface area contributed by atoms with Crippen molar-refractivity contribution < 1.29 is 9.53 Å². The van der Waals surface area contributed by atoms with Crippen LogP contribution in [0.1, 0.15) is 28.8 Å². The number of nitrogens with zero attached hydrogens (tertiary/aromatic N) is 1. The smallest absolute Gasteiger partial charge is 0.255 e. The Labute approximate surface area is 152 Å². The minimum atomic E-state index is -0.0657. The Morgan fingerprint density at radius 2 is 1.75 bits per heavy atom. The first kappa shape index (κ1) is 17.3. The van der Waals surface area contributed by atoms with Crippen LogP contribution >= 0.6 is 23.2 Å². The molecule has 0 bridgehead atoms. The number of hydrogen-bond acceptors (Lipinski definition) is 2. The molecule has 0 unspecified atom stereocenters. The van der Waals surface area contributed by atoms with Crippen molar-refractivity contribution in [2.24, 2.45) is 0 Å². The molecule has 0 spiro atoms. The molecule has 24 heavy (non-hydrogen) atoms. The summed E-state index contributed by atoms with van der Waals surface area (Å²) in [5.74, 6) is -0.0657. The molecule has 2 aromatic carbocycles. The summed E-state index contributed by atoms with van der Waals surface area (Å²) in [6, 6.07) is 15.3. The fourth-order valence-corrected chi connectivity index (χ4v) is 3.23. The SMILES string of the molecule is O=C(c1cccc(Cl)c1Cl)N1CCC(OCc2ccccc2)CC1. The standard InChI is InChI=1S/C19H19Cl2NO2/c20-17-8-4-7-16(18(17)21)19(23)22-11-9-15(10-12-22)24-13-14-5-2-1-3-6-14/h1-8,15H,9-13H2. The van der Waals surface area contributed by atoms with Gasteiger partial charge in [-0.05, 0) is 30.5 Å². The van der Waals surface area contributed by atoms with Crippen LogP contribution in [0.25, 0.3) is 0 Å². The third kappa shape index (κ3) is 4.10. The minimum Gasteiger partial charge on any atom is -0.373 e. The lowest BCUT2D eigenvalue weighted by Crippen LogP contribution is -2.41.